The fourth-order valence-corrected chi connectivity index (χ4v) is 4.97. The molecule has 5 rings (SSSR count). The lowest BCUT2D eigenvalue weighted by Crippen LogP contribution is -2.44. The molecule has 0 amide bonds. The minimum Gasteiger partial charge on any atom is -0.383 e. The Morgan fingerprint density at radius 1 is 1.21 bits per heavy atom. The zero-order chi connectivity index (χ0) is 27.2. The molecule has 3 aromatic rings. The number of nitrogens with zero attached hydrogens (tertiary/aromatic N) is 3. The summed E-state index contributed by atoms with van der Waals surface area (Å²) in [5, 5.41) is 19.8. The summed E-state index contributed by atoms with van der Waals surface area (Å²) in [6.07, 6.45) is 3.32. The second-order valence-corrected chi connectivity index (χ2v) is 12.1. The molecule has 0 spiro atoms. The SMILES string of the molecule is CC(C)(C)CNc1c(C#N)cnc2c(Cl)cc(N[C@H](C3=C(F)N(C4(C)CC4)NN3)c3ccccc3Cl)cc12. The topological polar surface area (TPSA) is 88.0 Å². The first kappa shape index (κ1) is 26.4. The lowest BCUT2D eigenvalue weighted by molar-refractivity contribution is 0.136. The lowest BCUT2D eigenvalue weighted by Gasteiger charge is -2.24. The number of nitrogens with one attached hydrogen (secondary N) is 4. The molecule has 1 saturated carbocycles. The molecule has 4 N–H and O–H groups in total. The van der Waals surface area contributed by atoms with Crippen molar-refractivity contribution in [2.24, 2.45) is 5.41 Å². The first-order chi connectivity index (χ1) is 18.0. The maximum Gasteiger partial charge on any atom is 0.228 e. The number of benzene rings is 2. The van der Waals surface area contributed by atoms with Crippen LogP contribution in [0.5, 0.6) is 0 Å². The molecule has 0 radical (unpaired) electrons. The fourth-order valence-electron chi connectivity index (χ4n) is 4.46. The molecule has 1 aliphatic carbocycles. The van der Waals surface area contributed by atoms with Crippen LogP contribution in [0.15, 0.2) is 54.2 Å². The van der Waals surface area contributed by atoms with E-state index in [9.17, 15) is 5.26 Å². The van der Waals surface area contributed by atoms with Crippen molar-refractivity contribution >= 4 is 45.5 Å². The Morgan fingerprint density at radius 2 is 1.95 bits per heavy atom. The normalized spacial score (nSPS) is 17.3. The van der Waals surface area contributed by atoms with Crippen molar-refractivity contribution in [1.82, 2.24) is 21.0 Å². The molecule has 1 atom stereocenters. The quantitative estimate of drug-likeness (QED) is 0.233. The summed E-state index contributed by atoms with van der Waals surface area (Å²) in [6.45, 7) is 8.98. The van der Waals surface area contributed by atoms with Crippen molar-refractivity contribution in [3.63, 3.8) is 0 Å². The van der Waals surface area contributed by atoms with Crippen molar-refractivity contribution in [2.75, 3.05) is 17.2 Å². The van der Waals surface area contributed by atoms with Gasteiger partial charge in [-0.05, 0) is 48.9 Å². The number of anilines is 2. The maximum atomic E-state index is 15.8. The van der Waals surface area contributed by atoms with E-state index in [1.165, 1.54) is 6.20 Å². The molecule has 1 aliphatic heterocycles. The number of hydrogen-bond donors (Lipinski definition) is 4. The first-order valence-corrected chi connectivity index (χ1v) is 13.3. The van der Waals surface area contributed by atoms with Gasteiger partial charge in [0, 0.05) is 28.8 Å². The number of nitriles is 1. The molecule has 2 heterocycles. The summed E-state index contributed by atoms with van der Waals surface area (Å²) in [5.74, 6) is -0.393. The molecule has 0 saturated heterocycles. The predicted octanol–water partition coefficient (Wildman–Crippen LogP) is 7.04. The van der Waals surface area contributed by atoms with Gasteiger partial charge in [-0.15, -0.1) is 5.53 Å². The summed E-state index contributed by atoms with van der Waals surface area (Å²) >= 11 is 13.3. The largest absolute Gasteiger partial charge is 0.383 e. The van der Waals surface area contributed by atoms with Gasteiger partial charge in [0.15, 0.2) is 0 Å². The third kappa shape index (κ3) is 5.06. The molecular formula is C28H30Cl2FN7. The summed E-state index contributed by atoms with van der Waals surface area (Å²) in [5.41, 5.74) is 9.00. The van der Waals surface area contributed by atoms with Crippen LogP contribution in [0, 0.1) is 16.7 Å². The van der Waals surface area contributed by atoms with Crippen molar-refractivity contribution < 1.29 is 4.39 Å². The third-order valence-corrected chi connectivity index (χ3v) is 7.52. The lowest BCUT2D eigenvalue weighted by atomic mass is 9.96. The number of fused-ring (bicyclic) bond motifs is 1. The molecule has 2 aliphatic rings. The van der Waals surface area contributed by atoms with Crippen molar-refractivity contribution in [1.29, 1.82) is 5.26 Å². The van der Waals surface area contributed by atoms with Gasteiger partial charge in [-0.3, -0.25) is 9.99 Å². The van der Waals surface area contributed by atoms with Crippen LogP contribution in [-0.4, -0.2) is 22.1 Å². The van der Waals surface area contributed by atoms with Crippen LogP contribution in [0.3, 0.4) is 0 Å². The Labute approximate surface area is 231 Å². The van der Waals surface area contributed by atoms with E-state index in [0.717, 1.165) is 12.8 Å². The molecule has 38 heavy (non-hydrogen) atoms. The van der Waals surface area contributed by atoms with Crippen LogP contribution in [-0.2, 0) is 0 Å². The predicted molar refractivity (Wildman–Crippen MR) is 151 cm³/mol. The summed E-state index contributed by atoms with van der Waals surface area (Å²) < 4.78 is 15.8. The van der Waals surface area contributed by atoms with Gasteiger partial charge in [-0.1, -0.05) is 62.2 Å². The molecule has 10 heteroatoms. The van der Waals surface area contributed by atoms with Gasteiger partial charge in [-0.25, -0.2) is 0 Å². The molecule has 0 bridgehead atoms. The van der Waals surface area contributed by atoms with E-state index in [2.05, 4.69) is 53.4 Å². The Balaban J connectivity index is 1.60. The van der Waals surface area contributed by atoms with Crippen LogP contribution in [0.1, 0.15) is 57.7 Å². The highest BCUT2D eigenvalue weighted by Gasteiger charge is 2.48. The molecular weight excluding hydrogens is 524 g/mol. The van der Waals surface area contributed by atoms with E-state index in [1.807, 2.05) is 31.2 Å². The van der Waals surface area contributed by atoms with E-state index < -0.39 is 12.0 Å². The van der Waals surface area contributed by atoms with Gasteiger partial charge in [0.1, 0.15) is 11.8 Å². The zero-order valence-electron chi connectivity index (χ0n) is 21.7. The van der Waals surface area contributed by atoms with Gasteiger partial charge in [0.25, 0.3) is 0 Å². The smallest absolute Gasteiger partial charge is 0.228 e. The summed E-state index contributed by atoms with van der Waals surface area (Å²) in [6, 6.07) is 12.5. The van der Waals surface area contributed by atoms with Crippen molar-refractivity contribution in [3.8, 4) is 6.07 Å². The maximum absolute atomic E-state index is 15.8. The minimum atomic E-state index is -0.657. The average Bonchev–Trinajstić information content (AvgIpc) is 3.49. The van der Waals surface area contributed by atoms with E-state index in [4.69, 9.17) is 23.2 Å². The van der Waals surface area contributed by atoms with Gasteiger partial charge in [0.05, 0.1) is 33.4 Å². The Kier molecular flexibility index (Phi) is 6.80. The van der Waals surface area contributed by atoms with Crippen LogP contribution < -0.4 is 21.6 Å². The standard InChI is InChI=1S/C28H30Cl2FN7/c1-27(2,3)15-34-22-16(13-32)14-33-23-19(22)11-17(12-21(23)30)35-24(18-7-5-6-8-20(18)29)25-26(31)38(37-36-25)28(4)9-10-28/h5-8,11-12,14,24,35-37H,9-10,15H2,1-4H3,(H,33,34)/t24-/m0/s1. The third-order valence-electron chi connectivity index (χ3n) is 6.89. The number of pyridine rings is 1. The molecule has 1 fully saturated rings. The van der Waals surface area contributed by atoms with Crippen LogP contribution in [0.25, 0.3) is 10.9 Å². The Bertz CT molecular complexity index is 1470. The number of hydrogen-bond acceptors (Lipinski definition) is 7. The van der Waals surface area contributed by atoms with E-state index in [-0.39, 0.29) is 11.0 Å². The second-order valence-electron chi connectivity index (χ2n) is 11.3. The van der Waals surface area contributed by atoms with Crippen molar-refractivity contribution in [3.05, 3.63) is 75.4 Å². The molecule has 1 aromatic heterocycles. The van der Waals surface area contributed by atoms with E-state index in [0.29, 0.717) is 55.7 Å². The number of hydrazine groups is 2. The van der Waals surface area contributed by atoms with Crippen molar-refractivity contribution in [2.45, 2.75) is 52.1 Å². The fraction of sp³-hybridized carbons (Fsp3) is 0.357. The highest BCUT2D eigenvalue weighted by atomic mass is 35.5. The zero-order valence-corrected chi connectivity index (χ0v) is 23.2. The second kappa shape index (κ2) is 9.81. The van der Waals surface area contributed by atoms with Gasteiger partial charge in [-0.2, -0.15) is 9.65 Å². The Morgan fingerprint density at radius 3 is 2.61 bits per heavy atom. The van der Waals surface area contributed by atoms with E-state index >= 15 is 4.39 Å². The first-order valence-electron chi connectivity index (χ1n) is 12.5. The van der Waals surface area contributed by atoms with Crippen LogP contribution in [0.4, 0.5) is 15.8 Å². The Hall–Kier alpha value is -3.25. The molecule has 7 nitrogen and oxygen atoms in total. The van der Waals surface area contributed by atoms with Gasteiger partial charge < -0.3 is 16.1 Å². The van der Waals surface area contributed by atoms with Gasteiger partial charge in [0.2, 0.25) is 5.95 Å². The minimum absolute atomic E-state index is 0.0215. The van der Waals surface area contributed by atoms with Crippen LogP contribution >= 0.6 is 23.2 Å². The summed E-state index contributed by atoms with van der Waals surface area (Å²) in [7, 11) is 0. The molecule has 2 aromatic carbocycles. The number of halogens is 3. The highest BCUT2D eigenvalue weighted by Crippen LogP contribution is 2.45. The van der Waals surface area contributed by atoms with Crippen LogP contribution in [0.2, 0.25) is 10.0 Å². The highest BCUT2D eigenvalue weighted by molar-refractivity contribution is 6.36. The molecule has 198 valence electrons. The number of aromatic nitrogens is 1. The van der Waals surface area contributed by atoms with E-state index in [1.54, 1.807) is 17.1 Å². The number of rotatable bonds is 7. The molecule has 0 unspecified atom stereocenters. The monoisotopic (exact) mass is 553 g/mol. The van der Waals surface area contributed by atoms with Gasteiger partial charge >= 0.3 is 0 Å². The average molecular weight is 555 g/mol. The summed E-state index contributed by atoms with van der Waals surface area (Å²) in [4.78, 5) is 4.44.